The third-order valence-corrected chi connectivity index (χ3v) is 3.70. The maximum atomic E-state index is 11.9. The zero-order chi connectivity index (χ0) is 13.2. The van der Waals surface area contributed by atoms with E-state index in [0.717, 1.165) is 12.8 Å². The molecule has 0 unspecified atom stereocenters. The van der Waals surface area contributed by atoms with Gasteiger partial charge in [-0.1, -0.05) is 6.92 Å². The second-order valence-electron chi connectivity index (χ2n) is 5.53. The number of carbonyl (C=O) groups excluding carboxylic acids is 2. The Bertz CT molecular complexity index is 390. The lowest BCUT2D eigenvalue weighted by atomic mass is 9.63. The van der Waals surface area contributed by atoms with Gasteiger partial charge >= 0.3 is 0 Å². The minimum absolute atomic E-state index is 0.0801. The number of hydrogen-bond acceptors (Lipinski definition) is 3. The molecule has 2 fully saturated rings. The molecule has 0 heterocycles. The first-order valence-corrected chi connectivity index (χ1v) is 6.55. The zero-order valence-corrected chi connectivity index (χ0v) is 10.7. The fourth-order valence-corrected chi connectivity index (χ4v) is 2.48. The Labute approximate surface area is 107 Å². The monoisotopic (exact) mass is 249 g/mol. The molecule has 0 saturated heterocycles. The minimum atomic E-state index is -0.820. The molecule has 2 amide bonds. The molecule has 2 aliphatic rings. The molecule has 0 bridgehead atoms. The molecule has 0 atom stereocenters. The molecule has 0 aromatic heterocycles. The van der Waals surface area contributed by atoms with Crippen LogP contribution < -0.4 is 10.6 Å². The van der Waals surface area contributed by atoms with Crippen LogP contribution in [0.3, 0.4) is 0 Å². The number of carbonyl (C=O) groups is 2. The Morgan fingerprint density at radius 2 is 1.89 bits per heavy atom. The van der Waals surface area contributed by atoms with Gasteiger partial charge in [-0.25, -0.2) is 0 Å². The molecule has 2 N–H and O–H groups in total. The smallest absolute Gasteiger partial charge is 0.240 e. The summed E-state index contributed by atoms with van der Waals surface area (Å²) in [6, 6.07) is 2.12. The molecule has 0 radical (unpaired) electrons. The Hall–Kier alpha value is -1.57. The van der Waals surface area contributed by atoms with Gasteiger partial charge in [-0.3, -0.25) is 9.59 Å². The van der Waals surface area contributed by atoms with Gasteiger partial charge in [0.25, 0.3) is 0 Å². The Balaban J connectivity index is 1.65. The van der Waals surface area contributed by atoms with Gasteiger partial charge in [0.05, 0.1) is 6.07 Å². The highest BCUT2D eigenvalue weighted by Crippen LogP contribution is 2.44. The van der Waals surface area contributed by atoms with Gasteiger partial charge in [-0.15, -0.1) is 0 Å². The van der Waals surface area contributed by atoms with Gasteiger partial charge in [-0.2, -0.15) is 5.26 Å². The molecule has 5 nitrogen and oxygen atoms in total. The molecule has 5 heteroatoms. The van der Waals surface area contributed by atoms with E-state index in [9.17, 15) is 9.59 Å². The average Bonchev–Trinajstić information content (AvgIpc) is 3.13. The van der Waals surface area contributed by atoms with E-state index in [2.05, 4.69) is 16.7 Å². The zero-order valence-electron chi connectivity index (χ0n) is 10.7. The van der Waals surface area contributed by atoms with Crippen molar-refractivity contribution in [2.45, 2.75) is 32.6 Å². The van der Waals surface area contributed by atoms with E-state index in [1.54, 1.807) is 0 Å². The van der Waals surface area contributed by atoms with Gasteiger partial charge in [-0.05, 0) is 31.6 Å². The maximum absolute atomic E-state index is 11.9. The van der Waals surface area contributed by atoms with E-state index < -0.39 is 5.41 Å². The predicted molar refractivity (Wildman–Crippen MR) is 65.2 cm³/mol. The van der Waals surface area contributed by atoms with Crippen molar-refractivity contribution in [2.24, 2.45) is 17.3 Å². The van der Waals surface area contributed by atoms with Gasteiger partial charge in [0, 0.05) is 19.0 Å². The van der Waals surface area contributed by atoms with E-state index >= 15 is 0 Å². The van der Waals surface area contributed by atoms with Crippen LogP contribution in [0.2, 0.25) is 0 Å². The summed E-state index contributed by atoms with van der Waals surface area (Å²) in [5.74, 6) is 0.531. The fraction of sp³-hybridized carbons (Fsp3) is 0.769. The molecule has 18 heavy (non-hydrogen) atoms. The third-order valence-electron chi connectivity index (χ3n) is 3.70. The van der Waals surface area contributed by atoms with Gasteiger partial charge in [0.1, 0.15) is 5.41 Å². The molecule has 0 aliphatic heterocycles. The quantitative estimate of drug-likeness (QED) is 0.699. The van der Waals surface area contributed by atoms with E-state index in [1.807, 2.05) is 6.92 Å². The van der Waals surface area contributed by atoms with Gasteiger partial charge in [0.15, 0.2) is 0 Å². The number of nitriles is 1. The number of rotatable bonds is 5. The Morgan fingerprint density at radius 1 is 1.28 bits per heavy atom. The van der Waals surface area contributed by atoms with Crippen molar-refractivity contribution in [2.75, 3.05) is 13.1 Å². The summed E-state index contributed by atoms with van der Waals surface area (Å²) in [4.78, 5) is 23.2. The van der Waals surface area contributed by atoms with Crippen molar-refractivity contribution in [1.29, 1.82) is 5.26 Å². The largest absolute Gasteiger partial charge is 0.354 e. The third kappa shape index (κ3) is 2.63. The average molecular weight is 249 g/mol. The highest BCUT2D eigenvalue weighted by molar-refractivity contribution is 5.86. The molecule has 2 saturated carbocycles. The molecule has 0 spiro atoms. The molecular formula is C13H19N3O2. The first-order chi connectivity index (χ1) is 8.57. The van der Waals surface area contributed by atoms with E-state index in [0.29, 0.717) is 31.8 Å². The van der Waals surface area contributed by atoms with Crippen LogP contribution in [0.4, 0.5) is 0 Å². The van der Waals surface area contributed by atoms with E-state index in [1.165, 1.54) is 0 Å². The van der Waals surface area contributed by atoms with Crippen molar-refractivity contribution < 1.29 is 9.59 Å². The lowest BCUT2D eigenvalue weighted by molar-refractivity contribution is -0.134. The summed E-state index contributed by atoms with van der Waals surface area (Å²) in [6.07, 6.45) is 3.24. The predicted octanol–water partition coefficient (Wildman–Crippen LogP) is 0.569. The second-order valence-corrected chi connectivity index (χ2v) is 5.53. The van der Waals surface area contributed by atoms with E-state index in [-0.39, 0.29) is 17.7 Å². The topological polar surface area (TPSA) is 82.0 Å². The summed E-state index contributed by atoms with van der Waals surface area (Å²) >= 11 is 0. The lowest BCUT2D eigenvalue weighted by Gasteiger charge is -2.39. The van der Waals surface area contributed by atoms with Gasteiger partial charge in [0.2, 0.25) is 11.8 Å². The first-order valence-electron chi connectivity index (χ1n) is 6.55. The summed E-state index contributed by atoms with van der Waals surface area (Å²) in [5, 5.41) is 14.6. The molecule has 0 aromatic rings. The summed E-state index contributed by atoms with van der Waals surface area (Å²) in [5.41, 5.74) is -0.820. The molecule has 2 rings (SSSR count). The minimum Gasteiger partial charge on any atom is -0.354 e. The highest BCUT2D eigenvalue weighted by atomic mass is 16.2. The van der Waals surface area contributed by atoms with Crippen LogP contribution in [-0.2, 0) is 9.59 Å². The van der Waals surface area contributed by atoms with Crippen molar-refractivity contribution >= 4 is 11.8 Å². The summed E-state index contributed by atoms with van der Waals surface area (Å²) in [6.45, 7) is 2.88. The number of amides is 2. The SMILES string of the molecule is CC1CC(C#N)(C(=O)NCCNC(=O)C2CC2)C1. The van der Waals surface area contributed by atoms with Crippen LogP contribution in [0.25, 0.3) is 0 Å². The van der Waals surface area contributed by atoms with Crippen LogP contribution in [0.1, 0.15) is 32.6 Å². The van der Waals surface area contributed by atoms with Crippen molar-refractivity contribution in [3.63, 3.8) is 0 Å². The van der Waals surface area contributed by atoms with Crippen LogP contribution in [0.15, 0.2) is 0 Å². The Kier molecular flexibility index (Phi) is 3.55. The lowest BCUT2D eigenvalue weighted by Crippen LogP contribution is -2.49. The summed E-state index contributed by atoms with van der Waals surface area (Å²) < 4.78 is 0. The van der Waals surface area contributed by atoms with Crippen LogP contribution in [0.5, 0.6) is 0 Å². The van der Waals surface area contributed by atoms with Gasteiger partial charge < -0.3 is 10.6 Å². The molecule has 98 valence electrons. The van der Waals surface area contributed by atoms with Crippen LogP contribution in [0, 0.1) is 28.6 Å². The second kappa shape index (κ2) is 4.97. The van der Waals surface area contributed by atoms with Crippen LogP contribution in [-0.4, -0.2) is 24.9 Å². The number of nitrogens with one attached hydrogen (secondary N) is 2. The van der Waals surface area contributed by atoms with Crippen molar-refractivity contribution in [3.05, 3.63) is 0 Å². The Morgan fingerprint density at radius 3 is 2.39 bits per heavy atom. The number of hydrogen-bond donors (Lipinski definition) is 2. The molecule has 0 aromatic carbocycles. The standard InChI is InChI=1S/C13H19N3O2/c1-9-6-13(7-9,8-14)12(18)16-5-4-15-11(17)10-2-3-10/h9-10H,2-7H2,1H3,(H,15,17)(H,16,18). The molecule has 2 aliphatic carbocycles. The maximum Gasteiger partial charge on any atom is 0.240 e. The highest BCUT2D eigenvalue weighted by Gasteiger charge is 2.48. The summed E-state index contributed by atoms with van der Waals surface area (Å²) in [7, 11) is 0. The van der Waals surface area contributed by atoms with Crippen LogP contribution >= 0.6 is 0 Å². The normalized spacial score (nSPS) is 29.9. The first kappa shape index (κ1) is 12.9. The number of nitrogens with zero attached hydrogens (tertiary/aromatic N) is 1. The molecular weight excluding hydrogens is 230 g/mol. The van der Waals surface area contributed by atoms with Crippen molar-refractivity contribution in [3.8, 4) is 6.07 Å². The van der Waals surface area contributed by atoms with E-state index in [4.69, 9.17) is 5.26 Å². The van der Waals surface area contributed by atoms with Crippen molar-refractivity contribution in [1.82, 2.24) is 10.6 Å². The fourth-order valence-electron chi connectivity index (χ4n) is 2.48.